The van der Waals surface area contributed by atoms with Crippen LogP contribution in [0.3, 0.4) is 0 Å². The third-order valence-corrected chi connectivity index (χ3v) is 3.43. The predicted molar refractivity (Wildman–Crippen MR) is 89.6 cm³/mol. The molecule has 116 valence electrons. The van der Waals surface area contributed by atoms with Gasteiger partial charge in [0.05, 0.1) is 6.10 Å². The van der Waals surface area contributed by atoms with E-state index in [0.717, 1.165) is 31.9 Å². The third-order valence-electron chi connectivity index (χ3n) is 3.43. The molecule has 3 nitrogen and oxygen atoms in total. The molecule has 1 aliphatic rings. The molecule has 0 radical (unpaired) electrons. The molecule has 0 saturated carbocycles. The largest absolute Gasteiger partial charge is 0.491 e. The van der Waals surface area contributed by atoms with Crippen LogP contribution in [0.5, 0.6) is 5.75 Å². The second kappa shape index (κ2) is 9.46. The van der Waals surface area contributed by atoms with Crippen LogP contribution in [0.25, 0.3) is 0 Å². The Bertz CT molecular complexity index is 365. The normalized spacial score (nSPS) is 17.0. The van der Waals surface area contributed by atoms with Crippen molar-refractivity contribution in [3.8, 4) is 5.75 Å². The van der Waals surface area contributed by atoms with Gasteiger partial charge in [0.1, 0.15) is 5.75 Å². The molecule has 0 unspecified atom stereocenters. The van der Waals surface area contributed by atoms with Crippen LogP contribution in [0.2, 0.25) is 0 Å². The first-order valence-corrected chi connectivity index (χ1v) is 6.88. The van der Waals surface area contributed by atoms with Crippen LogP contribution in [0.15, 0.2) is 24.3 Å². The van der Waals surface area contributed by atoms with E-state index in [0.29, 0.717) is 6.04 Å². The van der Waals surface area contributed by atoms with Crippen molar-refractivity contribution in [2.24, 2.45) is 0 Å². The lowest BCUT2D eigenvalue weighted by Crippen LogP contribution is -2.44. The molecule has 0 bridgehead atoms. The molecular formula is C15H26Cl2N2O. The molecule has 2 rings (SSSR count). The van der Waals surface area contributed by atoms with Gasteiger partial charge in [-0.1, -0.05) is 12.1 Å². The number of piperazine rings is 1. The monoisotopic (exact) mass is 320 g/mol. The topological polar surface area (TPSA) is 24.5 Å². The summed E-state index contributed by atoms with van der Waals surface area (Å²) < 4.78 is 5.67. The van der Waals surface area contributed by atoms with E-state index in [2.05, 4.69) is 55.3 Å². The van der Waals surface area contributed by atoms with Crippen molar-refractivity contribution in [2.75, 3.05) is 26.2 Å². The minimum atomic E-state index is 0. The molecule has 0 aliphatic carbocycles. The summed E-state index contributed by atoms with van der Waals surface area (Å²) in [5.41, 5.74) is 1.37. The van der Waals surface area contributed by atoms with Crippen LogP contribution in [0.4, 0.5) is 0 Å². The Morgan fingerprint density at radius 2 is 1.55 bits per heavy atom. The Hall–Kier alpha value is -0.480. The van der Waals surface area contributed by atoms with Crippen LogP contribution in [-0.4, -0.2) is 37.2 Å². The van der Waals surface area contributed by atoms with Gasteiger partial charge in [0, 0.05) is 32.2 Å². The van der Waals surface area contributed by atoms with Crippen LogP contribution >= 0.6 is 24.8 Å². The smallest absolute Gasteiger partial charge is 0.119 e. The van der Waals surface area contributed by atoms with Gasteiger partial charge in [0.2, 0.25) is 0 Å². The fourth-order valence-corrected chi connectivity index (χ4v) is 2.38. The van der Waals surface area contributed by atoms with Gasteiger partial charge in [-0.05, 0) is 38.5 Å². The van der Waals surface area contributed by atoms with Crippen LogP contribution in [-0.2, 0) is 0 Å². The zero-order valence-electron chi connectivity index (χ0n) is 12.5. The fraction of sp³-hybridized carbons (Fsp3) is 0.600. The Kier molecular flexibility index (Phi) is 9.23. The van der Waals surface area contributed by atoms with Gasteiger partial charge in [0.15, 0.2) is 0 Å². The predicted octanol–water partition coefficient (Wildman–Crippen LogP) is 3.28. The summed E-state index contributed by atoms with van der Waals surface area (Å²) in [7, 11) is 0. The number of hydrogen-bond acceptors (Lipinski definition) is 3. The first-order valence-electron chi connectivity index (χ1n) is 6.88. The molecule has 1 aromatic rings. The van der Waals surface area contributed by atoms with Gasteiger partial charge in [-0.2, -0.15) is 0 Å². The molecule has 1 N–H and O–H groups in total. The van der Waals surface area contributed by atoms with E-state index in [1.54, 1.807) is 0 Å². The number of halogens is 2. The highest BCUT2D eigenvalue weighted by atomic mass is 35.5. The highest BCUT2D eigenvalue weighted by molar-refractivity contribution is 5.85. The van der Waals surface area contributed by atoms with Crippen molar-refractivity contribution in [1.29, 1.82) is 0 Å². The summed E-state index contributed by atoms with van der Waals surface area (Å²) in [6.45, 7) is 10.8. The molecule has 1 saturated heterocycles. The minimum Gasteiger partial charge on any atom is -0.491 e. The fourth-order valence-electron chi connectivity index (χ4n) is 2.38. The number of nitrogens with zero attached hydrogens (tertiary/aromatic N) is 1. The average molecular weight is 321 g/mol. The first kappa shape index (κ1) is 19.5. The maximum Gasteiger partial charge on any atom is 0.119 e. The van der Waals surface area contributed by atoms with Gasteiger partial charge in [-0.3, -0.25) is 4.90 Å². The molecule has 1 aromatic carbocycles. The van der Waals surface area contributed by atoms with E-state index in [1.165, 1.54) is 5.56 Å². The van der Waals surface area contributed by atoms with E-state index in [1.807, 2.05) is 0 Å². The van der Waals surface area contributed by atoms with E-state index in [4.69, 9.17) is 4.74 Å². The molecule has 0 spiro atoms. The van der Waals surface area contributed by atoms with Crippen molar-refractivity contribution in [3.63, 3.8) is 0 Å². The van der Waals surface area contributed by atoms with E-state index in [9.17, 15) is 0 Å². The summed E-state index contributed by atoms with van der Waals surface area (Å²) in [6, 6.07) is 9.01. The lowest BCUT2D eigenvalue weighted by molar-refractivity contribution is 0.185. The van der Waals surface area contributed by atoms with Crippen molar-refractivity contribution >= 4 is 24.8 Å². The van der Waals surface area contributed by atoms with E-state index >= 15 is 0 Å². The molecule has 1 atom stereocenters. The van der Waals surface area contributed by atoms with Crippen molar-refractivity contribution in [2.45, 2.75) is 32.9 Å². The molecule has 0 aromatic heterocycles. The van der Waals surface area contributed by atoms with Crippen molar-refractivity contribution in [3.05, 3.63) is 29.8 Å². The van der Waals surface area contributed by atoms with Crippen molar-refractivity contribution < 1.29 is 4.74 Å². The third kappa shape index (κ3) is 5.49. The van der Waals surface area contributed by atoms with Gasteiger partial charge in [-0.25, -0.2) is 0 Å². The molecule has 1 fully saturated rings. The number of rotatable bonds is 4. The summed E-state index contributed by atoms with van der Waals surface area (Å²) in [4.78, 5) is 2.52. The van der Waals surface area contributed by atoms with E-state index < -0.39 is 0 Å². The highest BCUT2D eigenvalue weighted by Gasteiger charge is 2.17. The van der Waals surface area contributed by atoms with Crippen molar-refractivity contribution in [1.82, 2.24) is 10.2 Å². The standard InChI is InChI=1S/C15H24N2O.2ClH/c1-12(2)18-15-6-4-14(5-7-15)13(3)17-10-8-16-9-11-17;;/h4-7,12-13,16H,8-11H2,1-3H3;2*1H/t13-;;/m1../s1. The van der Waals surface area contributed by atoms with E-state index in [-0.39, 0.29) is 30.9 Å². The Labute approximate surface area is 134 Å². The lowest BCUT2D eigenvalue weighted by Gasteiger charge is -2.33. The SMILES string of the molecule is CC(C)Oc1ccc([C@@H](C)N2CCNCC2)cc1.Cl.Cl. The number of ether oxygens (including phenoxy) is 1. The number of hydrogen-bond donors (Lipinski definition) is 1. The maximum atomic E-state index is 5.67. The zero-order chi connectivity index (χ0) is 13.0. The molecule has 5 heteroatoms. The Balaban J connectivity index is 0.00000180. The van der Waals surface area contributed by atoms with Gasteiger partial charge in [-0.15, -0.1) is 24.8 Å². The molecular weight excluding hydrogens is 295 g/mol. The van der Waals surface area contributed by atoms with Crippen LogP contribution < -0.4 is 10.1 Å². The highest BCUT2D eigenvalue weighted by Crippen LogP contribution is 2.23. The minimum absolute atomic E-state index is 0. The lowest BCUT2D eigenvalue weighted by atomic mass is 10.1. The Morgan fingerprint density at radius 1 is 1.00 bits per heavy atom. The van der Waals surface area contributed by atoms with Gasteiger partial charge in [0.25, 0.3) is 0 Å². The maximum absolute atomic E-state index is 5.67. The summed E-state index contributed by atoms with van der Waals surface area (Å²) >= 11 is 0. The summed E-state index contributed by atoms with van der Waals surface area (Å²) in [5, 5.41) is 3.39. The molecule has 1 aliphatic heterocycles. The second-order valence-corrected chi connectivity index (χ2v) is 5.20. The van der Waals surface area contributed by atoms with Crippen LogP contribution in [0.1, 0.15) is 32.4 Å². The first-order chi connectivity index (χ1) is 8.66. The number of benzene rings is 1. The molecule has 20 heavy (non-hydrogen) atoms. The average Bonchev–Trinajstić information content (AvgIpc) is 2.39. The van der Waals surface area contributed by atoms with Gasteiger partial charge >= 0.3 is 0 Å². The van der Waals surface area contributed by atoms with Gasteiger partial charge < -0.3 is 10.1 Å². The summed E-state index contributed by atoms with van der Waals surface area (Å²) in [6.07, 6.45) is 0.237. The summed E-state index contributed by atoms with van der Waals surface area (Å²) in [5.74, 6) is 0.960. The second-order valence-electron chi connectivity index (χ2n) is 5.20. The number of nitrogens with one attached hydrogen (secondary N) is 1. The van der Waals surface area contributed by atoms with Crippen LogP contribution in [0, 0.1) is 0 Å². The quantitative estimate of drug-likeness (QED) is 0.921. The molecule has 0 amide bonds. The Morgan fingerprint density at radius 3 is 2.05 bits per heavy atom. The molecule has 1 heterocycles. The zero-order valence-corrected chi connectivity index (χ0v) is 14.1.